The summed E-state index contributed by atoms with van der Waals surface area (Å²) in [6.07, 6.45) is 0.226. The van der Waals surface area contributed by atoms with E-state index in [1.807, 2.05) is 24.3 Å². The number of benzene rings is 2. The molecule has 2 rings (SSSR count). The van der Waals surface area contributed by atoms with Crippen molar-refractivity contribution in [3.8, 4) is 0 Å². The summed E-state index contributed by atoms with van der Waals surface area (Å²) in [5, 5.41) is 2.66. The molecule has 0 radical (unpaired) electrons. The van der Waals surface area contributed by atoms with Crippen molar-refractivity contribution in [2.75, 3.05) is 5.32 Å². The lowest BCUT2D eigenvalue weighted by molar-refractivity contribution is -0.115. The molecule has 0 atom stereocenters. The minimum Gasteiger partial charge on any atom is -0.326 e. The molecule has 19 heavy (non-hydrogen) atoms. The van der Waals surface area contributed by atoms with Gasteiger partial charge in [0.1, 0.15) is 5.82 Å². The fourth-order valence-corrected chi connectivity index (χ4v) is 1.87. The van der Waals surface area contributed by atoms with Gasteiger partial charge in [-0.3, -0.25) is 4.79 Å². The first kappa shape index (κ1) is 13.2. The number of carbonyl (C=O) groups is 1. The first-order valence-corrected chi connectivity index (χ1v) is 6.01. The zero-order valence-corrected chi connectivity index (χ0v) is 10.4. The largest absolute Gasteiger partial charge is 0.326 e. The second kappa shape index (κ2) is 6.11. The second-order valence-electron chi connectivity index (χ2n) is 4.21. The van der Waals surface area contributed by atoms with Crippen LogP contribution < -0.4 is 11.1 Å². The van der Waals surface area contributed by atoms with E-state index >= 15 is 0 Å². The van der Waals surface area contributed by atoms with Crippen LogP contribution in [0.3, 0.4) is 0 Å². The molecule has 4 heteroatoms. The number of carbonyl (C=O) groups excluding carboxylic acids is 1. The maximum absolute atomic E-state index is 13.0. The van der Waals surface area contributed by atoms with Gasteiger partial charge in [-0.1, -0.05) is 30.3 Å². The SMILES string of the molecule is NCc1ccccc1CC(=O)Nc1cccc(F)c1. The fraction of sp³-hybridized carbons (Fsp3) is 0.133. The van der Waals surface area contributed by atoms with Crippen LogP contribution in [0, 0.1) is 5.82 Å². The molecular formula is C15H15FN2O. The Labute approximate surface area is 111 Å². The van der Waals surface area contributed by atoms with Crippen LogP contribution in [0.2, 0.25) is 0 Å². The van der Waals surface area contributed by atoms with E-state index in [4.69, 9.17) is 5.73 Å². The van der Waals surface area contributed by atoms with E-state index in [-0.39, 0.29) is 18.1 Å². The van der Waals surface area contributed by atoms with Crippen LogP contribution in [0.4, 0.5) is 10.1 Å². The lowest BCUT2D eigenvalue weighted by atomic mass is 10.0. The third-order valence-electron chi connectivity index (χ3n) is 2.80. The zero-order chi connectivity index (χ0) is 13.7. The molecule has 0 bridgehead atoms. The van der Waals surface area contributed by atoms with Gasteiger partial charge < -0.3 is 11.1 Å². The fourth-order valence-electron chi connectivity index (χ4n) is 1.87. The third kappa shape index (κ3) is 3.63. The number of nitrogens with two attached hydrogens (primary N) is 1. The topological polar surface area (TPSA) is 55.1 Å². The molecule has 3 N–H and O–H groups in total. The molecule has 0 aromatic heterocycles. The van der Waals surface area contributed by atoms with Gasteiger partial charge in [-0.05, 0) is 29.3 Å². The van der Waals surface area contributed by atoms with Crippen LogP contribution >= 0.6 is 0 Å². The highest BCUT2D eigenvalue weighted by molar-refractivity contribution is 5.92. The highest BCUT2D eigenvalue weighted by Gasteiger charge is 2.07. The minimum absolute atomic E-state index is 0.188. The average Bonchev–Trinajstić information content (AvgIpc) is 2.39. The number of halogens is 1. The Bertz CT molecular complexity index is 584. The van der Waals surface area contributed by atoms with Crippen molar-refractivity contribution < 1.29 is 9.18 Å². The molecule has 0 unspecified atom stereocenters. The van der Waals surface area contributed by atoms with Crippen LogP contribution in [0.5, 0.6) is 0 Å². The first-order valence-electron chi connectivity index (χ1n) is 6.01. The predicted octanol–water partition coefficient (Wildman–Crippen LogP) is 2.47. The van der Waals surface area contributed by atoms with E-state index in [1.54, 1.807) is 12.1 Å². The summed E-state index contributed by atoms with van der Waals surface area (Å²) in [6.45, 7) is 0.392. The standard InChI is InChI=1S/C15H15FN2O/c16-13-6-3-7-14(9-13)18-15(19)8-11-4-1-2-5-12(11)10-17/h1-7,9H,8,10,17H2,(H,18,19). The summed E-state index contributed by atoms with van der Waals surface area (Å²) < 4.78 is 13.0. The summed E-state index contributed by atoms with van der Waals surface area (Å²) >= 11 is 0. The molecular weight excluding hydrogens is 243 g/mol. The maximum atomic E-state index is 13.0. The van der Waals surface area contributed by atoms with E-state index in [9.17, 15) is 9.18 Å². The lowest BCUT2D eigenvalue weighted by Crippen LogP contribution is -2.16. The van der Waals surface area contributed by atoms with Crippen LogP contribution in [0.1, 0.15) is 11.1 Å². The Balaban J connectivity index is 2.05. The number of hydrogen-bond donors (Lipinski definition) is 2. The van der Waals surface area contributed by atoms with Crippen molar-refractivity contribution >= 4 is 11.6 Å². The highest BCUT2D eigenvalue weighted by Crippen LogP contribution is 2.12. The summed E-state index contributed by atoms with van der Waals surface area (Å²) in [5.74, 6) is -0.563. The van der Waals surface area contributed by atoms with Crippen molar-refractivity contribution in [1.82, 2.24) is 0 Å². The molecule has 3 nitrogen and oxygen atoms in total. The molecule has 0 saturated heterocycles. The average molecular weight is 258 g/mol. The number of anilines is 1. The van der Waals surface area contributed by atoms with E-state index < -0.39 is 0 Å². The van der Waals surface area contributed by atoms with Gasteiger partial charge in [-0.2, -0.15) is 0 Å². The molecule has 1 amide bonds. The Morgan fingerprint density at radius 2 is 1.84 bits per heavy atom. The van der Waals surface area contributed by atoms with Crippen molar-refractivity contribution in [2.24, 2.45) is 5.73 Å². The molecule has 2 aromatic carbocycles. The summed E-state index contributed by atoms with van der Waals surface area (Å²) in [5.41, 5.74) is 7.90. The normalized spacial score (nSPS) is 10.2. The van der Waals surface area contributed by atoms with Crippen LogP contribution in [0.15, 0.2) is 48.5 Å². The van der Waals surface area contributed by atoms with E-state index in [0.717, 1.165) is 11.1 Å². The summed E-state index contributed by atoms with van der Waals surface area (Å²) in [7, 11) is 0. The summed E-state index contributed by atoms with van der Waals surface area (Å²) in [6, 6.07) is 13.3. The Morgan fingerprint density at radius 3 is 2.53 bits per heavy atom. The van der Waals surface area contributed by atoms with Gasteiger partial charge in [0, 0.05) is 12.2 Å². The molecule has 0 heterocycles. The third-order valence-corrected chi connectivity index (χ3v) is 2.80. The molecule has 0 aliphatic heterocycles. The monoisotopic (exact) mass is 258 g/mol. The zero-order valence-electron chi connectivity index (χ0n) is 10.4. The maximum Gasteiger partial charge on any atom is 0.228 e. The molecule has 0 aliphatic carbocycles. The van der Waals surface area contributed by atoms with Crippen molar-refractivity contribution in [3.05, 3.63) is 65.5 Å². The molecule has 0 saturated carbocycles. The number of hydrogen-bond acceptors (Lipinski definition) is 2. The second-order valence-corrected chi connectivity index (χ2v) is 4.21. The quantitative estimate of drug-likeness (QED) is 0.885. The summed E-state index contributed by atoms with van der Waals surface area (Å²) in [4.78, 5) is 11.9. The molecule has 98 valence electrons. The van der Waals surface area contributed by atoms with Gasteiger partial charge in [-0.15, -0.1) is 0 Å². The number of nitrogens with one attached hydrogen (secondary N) is 1. The van der Waals surface area contributed by atoms with Gasteiger partial charge in [-0.25, -0.2) is 4.39 Å². The van der Waals surface area contributed by atoms with Crippen molar-refractivity contribution in [3.63, 3.8) is 0 Å². The van der Waals surface area contributed by atoms with Gasteiger partial charge in [0.15, 0.2) is 0 Å². The lowest BCUT2D eigenvalue weighted by Gasteiger charge is -2.08. The first-order chi connectivity index (χ1) is 9.19. The van der Waals surface area contributed by atoms with Gasteiger partial charge in [0.2, 0.25) is 5.91 Å². The predicted molar refractivity (Wildman–Crippen MR) is 73.1 cm³/mol. The van der Waals surface area contributed by atoms with Gasteiger partial charge in [0.05, 0.1) is 6.42 Å². The van der Waals surface area contributed by atoms with E-state index in [2.05, 4.69) is 5.32 Å². The van der Waals surface area contributed by atoms with E-state index in [0.29, 0.717) is 12.2 Å². The molecule has 2 aromatic rings. The van der Waals surface area contributed by atoms with Crippen LogP contribution in [-0.2, 0) is 17.8 Å². The van der Waals surface area contributed by atoms with Crippen molar-refractivity contribution in [2.45, 2.75) is 13.0 Å². The molecule has 0 fully saturated rings. The Morgan fingerprint density at radius 1 is 1.11 bits per heavy atom. The van der Waals surface area contributed by atoms with E-state index in [1.165, 1.54) is 12.1 Å². The minimum atomic E-state index is -0.375. The van der Waals surface area contributed by atoms with Crippen LogP contribution in [0.25, 0.3) is 0 Å². The Hall–Kier alpha value is -2.20. The smallest absolute Gasteiger partial charge is 0.228 e. The molecule has 0 aliphatic rings. The van der Waals surface area contributed by atoms with Gasteiger partial charge in [0.25, 0.3) is 0 Å². The number of rotatable bonds is 4. The Kier molecular flexibility index (Phi) is 4.26. The highest BCUT2D eigenvalue weighted by atomic mass is 19.1. The number of amides is 1. The van der Waals surface area contributed by atoms with Crippen LogP contribution in [-0.4, -0.2) is 5.91 Å². The van der Waals surface area contributed by atoms with Gasteiger partial charge >= 0.3 is 0 Å². The van der Waals surface area contributed by atoms with Crippen molar-refractivity contribution in [1.29, 1.82) is 0 Å². The molecule has 0 spiro atoms.